The topological polar surface area (TPSA) is 164 Å². The Bertz CT molecular complexity index is 2560. The monoisotopic (exact) mass is 860 g/mol. The third-order valence-corrected chi connectivity index (χ3v) is 11.2. The molecule has 2 fully saturated rings. The van der Waals surface area contributed by atoms with Gasteiger partial charge < -0.3 is 24.4 Å². The summed E-state index contributed by atoms with van der Waals surface area (Å²) in [7, 11) is 1.51. The summed E-state index contributed by atoms with van der Waals surface area (Å²) in [6, 6.07) is 7.42. The Labute approximate surface area is 356 Å². The predicted octanol–water partition coefficient (Wildman–Crippen LogP) is 6.32. The minimum absolute atomic E-state index is 0.0685. The van der Waals surface area contributed by atoms with Gasteiger partial charge in [-0.05, 0) is 61.2 Å². The quantitative estimate of drug-likeness (QED) is 0.117. The van der Waals surface area contributed by atoms with E-state index in [4.69, 9.17) is 14.2 Å². The number of aryl methyl sites for hydroxylation is 2. The Hall–Kier alpha value is -6.10. The summed E-state index contributed by atoms with van der Waals surface area (Å²) in [6.45, 7) is 7.53. The molecule has 1 saturated heterocycles. The third-order valence-electron chi connectivity index (χ3n) is 11.2. The van der Waals surface area contributed by atoms with Crippen LogP contribution in [-0.4, -0.2) is 81.0 Å². The van der Waals surface area contributed by atoms with Crippen LogP contribution in [0.15, 0.2) is 70.6 Å². The minimum atomic E-state index is -3.17. The zero-order chi connectivity index (χ0) is 44.9. The van der Waals surface area contributed by atoms with Crippen molar-refractivity contribution in [2.45, 2.75) is 97.4 Å². The van der Waals surface area contributed by atoms with Crippen LogP contribution in [0, 0.1) is 18.7 Å². The maximum atomic E-state index is 16.0. The summed E-state index contributed by atoms with van der Waals surface area (Å²) in [6.07, 6.45) is 6.81. The molecule has 1 N–H and O–H groups in total. The fourth-order valence-corrected chi connectivity index (χ4v) is 8.11. The number of alkyl halides is 2. The van der Waals surface area contributed by atoms with Gasteiger partial charge in [-0.15, -0.1) is 0 Å². The number of pyridine rings is 2. The van der Waals surface area contributed by atoms with Gasteiger partial charge in [0, 0.05) is 57.3 Å². The van der Waals surface area contributed by atoms with E-state index in [-0.39, 0.29) is 59.9 Å². The van der Waals surface area contributed by atoms with E-state index < -0.39 is 64.8 Å². The fourth-order valence-electron chi connectivity index (χ4n) is 8.11. The molecule has 0 spiro atoms. The van der Waals surface area contributed by atoms with E-state index in [1.807, 2.05) is 13.8 Å². The largest absolute Gasteiger partial charge is 0.425 e. The number of hydrogen-bond donors (Lipinski definition) is 1. The Morgan fingerprint density at radius 1 is 1.02 bits per heavy atom. The maximum absolute atomic E-state index is 16.0. The van der Waals surface area contributed by atoms with Crippen LogP contribution in [0.5, 0.6) is 0 Å². The molecule has 2 aromatic carbocycles. The number of hydrogen-bond acceptors (Lipinski definition) is 11. The first-order chi connectivity index (χ1) is 29.6. The molecule has 1 aliphatic carbocycles. The predicted molar refractivity (Wildman–Crippen MR) is 226 cm³/mol. The highest BCUT2D eigenvalue weighted by Gasteiger charge is 2.41. The van der Waals surface area contributed by atoms with Crippen molar-refractivity contribution in [3.8, 4) is 5.69 Å². The standard InChI is InChI=1S/C43H45F3N6O8.C2H6/c1-24-19-28(51-17-18-58-23-35(51)43(3,45)46)21-31(44)36(24)38(53)49-32(41(56)60-25(2)59-40(55)26-9-6-5-7-10-26)20-27-12-13-33(37-29(27)11-8-15-48-37)52-39(54)30-14-16-47-22-34(30)50(4)42(52)57;1-2/h8,11-16,19,21-22,25-26,32,35H,5-7,9-10,17-18,20,23H2,1-4H3,(H,49,53);1-2H3/t25?,32-,35+;/m0./s1. The molecule has 1 saturated carbocycles. The molecule has 3 atom stereocenters. The zero-order valence-electron chi connectivity index (χ0n) is 35.6. The Kier molecular flexibility index (Phi) is 14.1. The summed E-state index contributed by atoms with van der Waals surface area (Å²) in [5, 5.41) is 3.25. The molecule has 2 aliphatic rings. The molecule has 7 rings (SSSR count). The van der Waals surface area contributed by atoms with E-state index >= 15 is 4.39 Å². The van der Waals surface area contributed by atoms with Crippen LogP contribution in [0.2, 0.25) is 0 Å². The van der Waals surface area contributed by atoms with Crippen molar-refractivity contribution in [3.63, 3.8) is 0 Å². The van der Waals surface area contributed by atoms with Gasteiger partial charge in [0.15, 0.2) is 0 Å². The lowest BCUT2D eigenvalue weighted by Crippen LogP contribution is -2.54. The van der Waals surface area contributed by atoms with Crippen molar-refractivity contribution in [3.05, 3.63) is 104 Å². The van der Waals surface area contributed by atoms with Crippen molar-refractivity contribution in [1.82, 2.24) is 24.4 Å². The number of fused-ring (bicyclic) bond motifs is 2. The van der Waals surface area contributed by atoms with Gasteiger partial charge in [-0.25, -0.2) is 27.3 Å². The summed E-state index contributed by atoms with van der Waals surface area (Å²) in [4.78, 5) is 78.1. The molecule has 1 aliphatic heterocycles. The number of nitrogens with zero attached hydrogens (tertiary/aromatic N) is 5. The molecule has 14 nitrogen and oxygen atoms in total. The van der Waals surface area contributed by atoms with Crippen molar-refractivity contribution in [2.75, 3.05) is 24.7 Å². The molecule has 3 aromatic heterocycles. The van der Waals surface area contributed by atoms with E-state index in [1.54, 1.807) is 18.2 Å². The molecule has 4 heterocycles. The van der Waals surface area contributed by atoms with Crippen molar-refractivity contribution in [1.29, 1.82) is 0 Å². The molecule has 5 aromatic rings. The van der Waals surface area contributed by atoms with E-state index in [9.17, 15) is 32.8 Å². The highest BCUT2D eigenvalue weighted by atomic mass is 19.3. The van der Waals surface area contributed by atoms with Crippen LogP contribution in [0.4, 0.5) is 18.9 Å². The molecule has 1 unspecified atom stereocenters. The van der Waals surface area contributed by atoms with E-state index in [0.29, 0.717) is 29.3 Å². The first kappa shape index (κ1) is 45.4. The van der Waals surface area contributed by atoms with E-state index in [1.165, 1.54) is 67.2 Å². The van der Waals surface area contributed by atoms with Crippen LogP contribution in [0.1, 0.15) is 81.3 Å². The average molecular weight is 861 g/mol. The lowest BCUT2D eigenvalue weighted by atomic mass is 9.89. The number of carbonyl (C=O) groups is 3. The molecular formula is C45H51F3N6O8. The van der Waals surface area contributed by atoms with Crippen molar-refractivity contribution in [2.24, 2.45) is 13.0 Å². The molecule has 0 bridgehead atoms. The number of amides is 1. The van der Waals surface area contributed by atoms with E-state index in [2.05, 4.69) is 15.3 Å². The number of nitrogens with one attached hydrogen (secondary N) is 1. The molecule has 0 radical (unpaired) electrons. The second kappa shape index (κ2) is 19.3. The second-order valence-electron chi connectivity index (χ2n) is 15.4. The number of esters is 2. The van der Waals surface area contributed by atoms with Crippen LogP contribution in [0.3, 0.4) is 0 Å². The Balaban J connectivity index is 0.00000316. The normalized spacial score (nSPS) is 16.9. The number of benzene rings is 2. The van der Waals surface area contributed by atoms with Crippen LogP contribution >= 0.6 is 0 Å². The van der Waals surface area contributed by atoms with Crippen molar-refractivity contribution >= 4 is 45.3 Å². The first-order valence-corrected chi connectivity index (χ1v) is 20.8. The van der Waals surface area contributed by atoms with Gasteiger partial charge in [0.1, 0.15) is 17.9 Å². The van der Waals surface area contributed by atoms with Gasteiger partial charge in [-0.3, -0.25) is 28.9 Å². The lowest BCUT2D eigenvalue weighted by molar-refractivity contribution is -0.189. The number of carbonyl (C=O) groups excluding carboxylic acids is 3. The van der Waals surface area contributed by atoms with Gasteiger partial charge in [-0.2, -0.15) is 0 Å². The number of morpholine rings is 1. The second-order valence-corrected chi connectivity index (χ2v) is 15.4. The number of ether oxygens (including phenoxy) is 3. The summed E-state index contributed by atoms with van der Waals surface area (Å²) in [5.41, 5.74) is -0.273. The van der Waals surface area contributed by atoms with Gasteiger partial charge in [-0.1, -0.05) is 45.2 Å². The highest BCUT2D eigenvalue weighted by molar-refractivity contribution is 5.99. The number of anilines is 1. The molecule has 330 valence electrons. The highest BCUT2D eigenvalue weighted by Crippen LogP contribution is 2.32. The van der Waals surface area contributed by atoms with Gasteiger partial charge in [0.25, 0.3) is 17.4 Å². The smallest absolute Gasteiger partial charge is 0.335 e. The van der Waals surface area contributed by atoms with Gasteiger partial charge in [0.2, 0.25) is 6.29 Å². The SMILES string of the molecule is CC.Cc1cc(N2CCOC[C@@H]2C(C)(F)F)cc(F)c1C(=O)N[C@@H](Cc1ccc(-n2c(=O)c3ccncc3n(C)c2=O)c2ncccc12)C(=O)OC(C)OC(=O)C1CCCCC1. The number of rotatable bonds is 11. The number of aromatic nitrogens is 4. The molecule has 17 heteroatoms. The average Bonchev–Trinajstić information content (AvgIpc) is 3.26. The lowest BCUT2D eigenvalue weighted by Gasteiger charge is -2.40. The molecule has 1 amide bonds. The molecule has 62 heavy (non-hydrogen) atoms. The van der Waals surface area contributed by atoms with Crippen molar-refractivity contribution < 1.29 is 41.8 Å². The minimum Gasteiger partial charge on any atom is -0.425 e. The zero-order valence-corrected chi connectivity index (χ0v) is 35.6. The van der Waals surface area contributed by atoms with Crippen LogP contribution < -0.4 is 21.5 Å². The van der Waals surface area contributed by atoms with E-state index in [0.717, 1.165) is 36.8 Å². The summed E-state index contributed by atoms with van der Waals surface area (Å²) < 4.78 is 63.7. The Morgan fingerprint density at radius 2 is 1.76 bits per heavy atom. The number of halogens is 3. The Morgan fingerprint density at radius 3 is 2.47 bits per heavy atom. The van der Waals surface area contributed by atoms with Gasteiger partial charge >= 0.3 is 17.6 Å². The fraction of sp³-hybridized carbons (Fsp3) is 0.444. The van der Waals surface area contributed by atoms with Crippen LogP contribution in [-0.2, 0) is 37.3 Å². The van der Waals surface area contributed by atoms with Crippen LogP contribution in [0.25, 0.3) is 27.5 Å². The summed E-state index contributed by atoms with van der Waals surface area (Å²) in [5.74, 6) is -7.02. The summed E-state index contributed by atoms with van der Waals surface area (Å²) >= 11 is 0. The van der Waals surface area contributed by atoms with Gasteiger partial charge in [0.05, 0.1) is 53.0 Å². The first-order valence-electron chi connectivity index (χ1n) is 20.8. The molecular weight excluding hydrogens is 810 g/mol. The maximum Gasteiger partial charge on any atom is 0.335 e. The third kappa shape index (κ3) is 9.52.